The maximum atomic E-state index is 12.5. The van der Waals surface area contributed by atoms with Crippen LogP contribution in [0.25, 0.3) is 0 Å². The second-order valence-corrected chi connectivity index (χ2v) is 5.86. The zero-order valence-corrected chi connectivity index (χ0v) is 12.5. The van der Waals surface area contributed by atoms with Gasteiger partial charge in [-0.05, 0) is 30.5 Å². The Morgan fingerprint density at radius 2 is 1.83 bits per heavy atom. The molecule has 0 atom stereocenters. The molecule has 3 amide bonds. The third-order valence-electron chi connectivity index (χ3n) is 4.33. The number of nitrogens with zero attached hydrogens (tertiary/aromatic N) is 2. The summed E-state index contributed by atoms with van der Waals surface area (Å²) in [5.41, 5.74) is -0.0154. The summed E-state index contributed by atoms with van der Waals surface area (Å²) in [7, 11) is 0. The van der Waals surface area contributed by atoms with Crippen LogP contribution < -0.4 is 5.32 Å². The molecule has 3 rings (SSSR count). The van der Waals surface area contributed by atoms with Crippen LogP contribution in [0.4, 0.5) is 4.79 Å². The average molecular weight is 315 g/mol. The number of urea groups is 1. The van der Waals surface area contributed by atoms with Crippen molar-refractivity contribution in [3.05, 3.63) is 35.4 Å². The fourth-order valence-electron chi connectivity index (χ4n) is 3.04. The molecule has 0 bridgehead atoms. The Balaban J connectivity index is 1.75. The summed E-state index contributed by atoms with van der Waals surface area (Å²) in [5, 5.41) is 16.5. The molecule has 1 saturated heterocycles. The highest BCUT2D eigenvalue weighted by atomic mass is 16.4. The Kier molecular flexibility index (Phi) is 3.85. The van der Waals surface area contributed by atoms with Crippen molar-refractivity contribution in [3.8, 4) is 0 Å². The number of benzene rings is 1. The number of imide groups is 1. The lowest BCUT2D eigenvalue weighted by Gasteiger charge is -2.29. The van der Waals surface area contributed by atoms with E-state index in [4.69, 9.17) is 5.11 Å². The molecule has 7 heteroatoms. The molecule has 120 valence electrons. The molecular weight excluding hydrogens is 298 g/mol. The van der Waals surface area contributed by atoms with Crippen molar-refractivity contribution in [1.82, 2.24) is 10.3 Å². The van der Waals surface area contributed by atoms with Crippen LogP contribution in [0.3, 0.4) is 0 Å². The maximum Gasteiger partial charge on any atom is 0.346 e. The number of amides is 3. The van der Waals surface area contributed by atoms with Gasteiger partial charge < -0.3 is 10.4 Å². The molecule has 1 aliphatic carbocycles. The number of carboxylic acid groups (broad SMARTS) is 1. The zero-order chi connectivity index (χ0) is 16.4. The van der Waals surface area contributed by atoms with Crippen LogP contribution in [-0.2, 0) is 4.79 Å². The lowest BCUT2D eigenvalue weighted by molar-refractivity contribution is -0.132. The number of carbonyl (C=O) groups is 3. The zero-order valence-electron chi connectivity index (χ0n) is 12.5. The van der Waals surface area contributed by atoms with E-state index in [9.17, 15) is 14.4 Å². The molecule has 2 fully saturated rings. The first-order chi connectivity index (χ1) is 11.0. The predicted octanol–water partition coefficient (Wildman–Crippen LogP) is 1.97. The van der Waals surface area contributed by atoms with Crippen molar-refractivity contribution in [2.75, 3.05) is 0 Å². The summed E-state index contributed by atoms with van der Waals surface area (Å²) in [6.07, 6.45) is 5.59. The fourth-order valence-corrected chi connectivity index (χ4v) is 3.04. The van der Waals surface area contributed by atoms with E-state index in [0.29, 0.717) is 18.4 Å². The quantitative estimate of drug-likeness (QED) is 0.658. The number of hydrogen-bond acceptors (Lipinski definition) is 4. The van der Waals surface area contributed by atoms with Crippen molar-refractivity contribution in [3.63, 3.8) is 0 Å². The number of nitrogens with one attached hydrogen (secondary N) is 1. The second-order valence-electron chi connectivity index (χ2n) is 5.86. The van der Waals surface area contributed by atoms with Crippen LogP contribution in [0.5, 0.6) is 0 Å². The van der Waals surface area contributed by atoms with Gasteiger partial charge in [-0.15, -0.1) is 5.01 Å². The SMILES string of the molecule is O=C(O)c1ccc(C=NN2C(=O)NC3(CCCCC3)C2=O)cc1. The van der Waals surface area contributed by atoms with Gasteiger partial charge in [0.15, 0.2) is 0 Å². The van der Waals surface area contributed by atoms with E-state index in [1.54, 1.807) is 12.1 Å². The van der Waals surface area contributed by atoms with E-state index < -0.39 is 17.5 Å². The number of carbonyl (C=O) groups excluding carboxylic acids is 2. The van der Waals surface area contributed by atoms with Gasteiger partial charge >= 0.3 is 12.0 Å². The minimum Gasteiger partial charge on any atom is -0.478 e. The Morgan fingerprint density at radius 1 is 1.17 bits per heavy atom. The summed E-state index contributed by atoms with van der Waals surface area (Å²) in [6, 6.07) is 5.52. The molecule has 2 aliphatic rings. The molecule has 1 aromatic carbocycles. The summed E-state index contributed by atoms with van der Waals surface area (Å²) < 4.78 is 0. The number of aromatic carboxylic acids is 1. The molecule has 1 saturated carbocycles. The lowest BCUT2D eigenvalue weighted by Crippen LogP contribution is -2.48. The molecule has 1 aliphatic heterocycles. The van der Waals surface area contributed by atoms with Gasteiger partial charge in [0.05, 0.1) is 11.8 Å². The standard InChI is InChI=1S/C16H17N3O4/c20-13(21)12-6-4-11(5-7-12)10-17-19-14(22)16(18-15(19)23)8-2-1-3-9-16/h4-7,10H,1-3,8-9H2,(H,18,23)(H,20,21). The highest BCUT2D eigenvalue weighted by Gasteiger charge is 2.51. The lowest BCUT2D eigenvalue weighted by atomic mass is 9.82. The summed E-state index contributed by atoms with van der Waals surface area (Å²) in [4.78, 5) is 35.3. The molecule has 1 aromatic rings. The Bertz CT molecular complexity index is 675. The minimum atomic E-state index is -1.01. The first-order valence-electron chi connectivity index (χ1n) is 7.56. The second kappa shape index (κ2) is 5.83. The van der Waals surface area contributed by atoms with Crippen LogP contribution in [0, 0.1) is 0 Å². The van der Waals surface area contributed by atoms with Gasteiger partial charge in [0, 0.05) is 0 Å². The van der Waals surface area contributed by atoms with Gasteiger partial charge in [-0.1, -0.05) is 31.4 Å². The largest absolute Gasteiger partial charge is 0.478 e. The molecule has 1 spiro atoms. The number of rotatable bonds is 3. The topological polar surface area (TPSA) is 99.1 Å². The van der Waals surface area contributed by atoms with Crippen molar-refractivity contribution in [1.29, 1.82) is 0 Å². The summed E-state index contributed by atoms with van der Waals surface area (Å²) in [6.45, 7) is 0. The van der Waals surface area contributed by atoms with E-state index in [0.717, 1.165) is 24.3 Å². The van der Waals surface area contributed by atoms with Gasteiger partial charge in [0.25, 0.3) is 5.91 Å². The molecular formula is C16H17N3O4. The first-order valence-corrected chi connectivity index (χ1v) is 7.56. The van der Waals surface area contributed by atoms with Crippen molar-refractivity contribution >= 4 is 24.1 Å². The number of carboxylic acids is 1. The van der Waals surface area contributed by atoms with Crippen molar-refractivity contribution in [2.24, 2.45) is 5.10 Å². The minimum absolute atomic E-state index is 0.165. The van der Waals surface area contributed by atoms with Crippen LogP contribution >= 0.6 is 0 Å². The average Bonchev–Trinajstić information content (AvgIpc) is 2.77. The number of hydrazone groups is 1. The van der Waals surface area contributed by atoms with Crippen LogP contribution in [-0.4, -0.2) is 39.8 Å². The predicted molar refractivity (Wildman–Crippen MR) is 82.2 cm³/mol. The molecule has 0 radical (unpaired) electrons. The summed E-state index contributed by atoms with van der Waals surface area (Å²) >= 11 is 0. The van der Waals surface area contributed by atoms with Gasteiger partial charge in [-0.25, -0.2) is 9.59 Å². The van der Waals surface area contributed by atoms with Gasteiger partial charge in [-0.2, -0.15) is 5.10 Å². The molecule has 23 heavy (non-hydrogen) atoms. The summed E-state index contributed by atoms with van der Waals surface area (Å²) in [5.74, 6) is -1.32. The highest BCUT2D eigenvalue weighted by molar-refractivity contribution is 6.07. The molecule has 2 N–H and O–H groups in total. The van der Waals surface area contributed by atoms with Crippen molar-refractivity contribution < 1.29 is 19.5 Å². The molecule has 7 nitrogen and oxygen atoms in total. The monoisotopic (exact) mass is 315 g/mol. The molecule has 0 unspecified atom stereocenters. The van der Waals surface area contributed by atoms with E-state index in [2.05, 4.69) is 10.4 Å². The van der Waals surface area contributed by atoms with E-state index in [1.807, 2.05) is 0 Å². The fraction of sp³-hybridized carbons (Fsp3) is 0.375. The van der Waals surface area contributed by atoms with E-state index in [1.165, 1.54) is 18.3 Å². The van der Waals surface area contributed by atoms with Crippen LogP contribution in [0.15, 0.2) is 29.4 Å². The third-order valence-corrected chi connectivity index (χ3v) is 4.33. The Morgan fingerprint density at radius 3 is 2.43 bits per heavy atom. The van der Waals surface area contributed by atoms with Gasteiger partial charge in [0.2, 0.25) is 0 Å². The Hall–Kier alpha value is -2.70. The third kappa shape index (κ3) is 2.81. The smallest absolute Gasteiger partial charge is 0.346 e. The Labute approximate surface area is 133 Å². The van der Waals surface area contributed by atoms with E-state index >= 15 is 0 Å². The van der Waals surface area contributed by atoms with Crippen molar-refractivity contribution in [2.45, 2.75) is 37.6 Å². The molecule has 1 heterocycles. The van der Waals surface area contributed by atoms with Gasteiger partial charge in [0.1, 0.15) is 5.54 Å². The maximum absolute atomic E-state index is 12.5. The van der Waals surface area contributed by atoms with Crippen LogP contribution in [0.1, 0.15) is 48.0 Å². The normalized spacial score (nSPS) is 20.3. The highest BCUT2D eigenvalue weighted by Crippen LogP contribution is 2.33. The molecule has 0 aromatic heterocycles. The first kappa shape index (κ1) is 15.2. The van der Waals surface area contributed by atoms with Gasteiger partial charge in [-0.3, -0.25) is 4.79 Å². The van der Waals surface area contributed by atoms with E-state index in [-0.39, 0.29) is 11.5 Å². The van der Waals surface area contributed by atoms with Crippen LogP contribution in [0.2, 0.25) is 0 Å². The number of hydrogen-bond donors (Lipinski definition) is 2.